The third kappa shape index (κ3) is 3.59. The molecule has 0 aliphatic rings. The van der Waals surface area contributed by atoms with Crippen LogP contribution >= 0.6 is 11.5 Å². The van der Waals surface area contributed by atoms with Crippen molar-refractivity contribution in [3.8, 4) is 0 Å². The van der Waals surface area contributed by atoms with Gasteiger partial charge < -0.3 is 11.1 Å². The van der Waals surface area contributed by atoms with Crippen LogP contribution in [-0.2, 0) is 6.42 Å². The second-order valence-electron chi connectivity index (χ2n) is 3.35. The zero-order valence-electron chi connectivity index (χ0n) is 8.79. The minimum Gasteiger partial charge on any atom is -0.358 e. The van der Waals surface area contributed by atoms with Crippen molar-refractivity contribution >= 4 is 16.7 Å². The lowest BCUT2D eigenvalue weighted by Gasteiger charge is -2.10. The summed E-state index contributed by atoms with van der Waals surface area (Å²) in [5.74, 6) is 0.920. The molecular weight excluding hydrogens is 196 g/mol. The van der Waals surface area contributed by atoms with Crippen LogP contribution in [-0.4, -0.2) is 21.9 Å². The van der Waals surface area contributed by atoms with Gasteiger partial charge in [-0.2, -0.15) is 4.37 Å². The van der Waals surface area contributed by atoms with Crippen LogP contribution in [0.2, 0.25) is 0 Å². The lowest BCUT2D eigenvalue weighted by atomic mass is 10.2. The summed E-state index contributed by atoms with van der Waals surface area (Å²) >= 11 is 1.43. The molecule has 1 heterocycles. The molecule has 1 rings (SSSR count). The predicted molar refractivity (Wildman–Crippen MR) is 60.7 cm³/mol. The van der Waals surface area contributed by atoms with E-state index < -0.39 is 0 Å². The minimum absolute atomic E-state index is 0.427. The normalized spacial score (nSPS) is 12.8. The molecule has 80 valence electrons. The van der Waals surface area contributed by atoms with Crippen molar-refractivity contribution in [2.45, 2.75) is 39.2 Å². The van der Waals surface area contributed by atoms with Crippen molar-refractivity contribution in [2.75, 3.05) is 11.9 Å². The van der Waals surface area contributed by atoms with Gasteiger partial charge in [-0.05, 0) is 26.3 Å². The van der Waals surface area contributed by atoms with Gasteiger partial charge in [0.2, 0.25) is 5.13 Å². The maximum absolute atomic E-state index is 5.44. The number of nitrogens with zero attached hydrogens (tertiary/aromatic N) is 2. The van der Waals surface area contributed by atoms with Crippen molar-refractivity contribution in [3.63, 3.8) is 0 Å². The summed E-state index contributed by atoms with van der Waals surface area (Å²) in [5.41, 5.74) is 5.44. The SMILES string of the molecule is CCc1nsc(NC(C)CCCN)n1. The molecule has 1 aromatic rings. The average molecular weight is 214 g/mol. The molecular formula is C9H18N4S. The maximum atomic E-state index is 5.44. The van der Waals surface area contributed by atoms with Gasteiger partial charge in [0.05, 0.1) is 0 Å². The van der Waals surface area contributed by atoms with Crippen molar-refractivity contribution in [1.29, 1.82) is 0 Å². The van der Waals surface area contributed by atoms with Crippen LogP contribution in [0.15, 0.2) is 0 Å². The molecule has 0 amide bonds. The number of aromatic nitrogens is 2. The Morgan fingerprint density at radius 2 is 2.36 bits per heavy atom. The van der Waals surface area contributed by atoms with Gasteiger partial charge in [0.1, 0.15) is 5.82 Å². The standard InChI is InChI=1S/C9H18N4S/c1-3-8-12-9(14-13-8)11-7(2)5-4-6-10/h7H,3-6,10H2,1-2H3,(H,11,12,13). The van der Waals surface area contributed by atoms with E-state index in [4.69, 9.17) is 5.73 Å². The molecule has 0 bridgehead atoms. The summed E-state index contributed by atoms with van der Waals surface area (Å²) in [6.45, 7) is 4.95. The Morgan fingerprint density at radius 1 is 1.57 bits per heavy atom. The first kappa shape index (κ1) is 11.4. The first-order valence-electron chi connectivity index (χ1n) is 5.05. The van der Waals surface area contributed by atoms with E-state index in [0.29, 0.717) is 6.04 Å². The number of hydrogen-bond acceptors (Lipinski definition) is 5. The fourth-order valence-corrected chi connectivity index (χ4v) is 1.93. The molecule has 0 aliphatic heterocycles. The summed E-state index contributed by atoms with van der Waals surface area (Å²) in [7, 11) is 0. The van der Waals surface area contributed by atoms with Gasteiger partial charge in [-0.3, -0.25) is 0 Å². The Kier molecular flexibility index (Phi) is 4.82. The van der Waals surface area contributed by atoms with Crippen LogP contribution in [0.5, 0.6) is 0 Å². The summed E-state index contributed by atoms with van der Waals surface area (Å²) in [4.78, 5) is 4.34. The fourth-order valence-electron chi connectivity index (χ4n) is 1.16. The minimum atomic E-state index is 0.427. The van der Waals surface area contributed by atoms with Crippen molar-refractivity contribution in [3.05, 3.63) is 5.82 Å². The van der Waals surface area contributed by atoms with E-state index in [-0.39, 0.29) is 0 Å². The molecule has 0 aromatic carbocycles. The predicted octanol–water partition coefficient (Wildman–Crippen LogP) is 1.64. The number of hydrogen-bond donors (Lipinski definition) is 2. The molecule has 14 heavy (non-hydrogen) atoms. The molecule has 5 heteroatoms. The van der Waals surface area contributed by atoms with E-state index in [1.54, 1.807) is 0 Å². The zero-order chi connectivity index (χ0) is 10.4. The highest BCUT2D eigenvalue weighted by molar-refractivity contribution is 7.09. The smallest absolute Gasteiger partial charge is 0.202 e. The lowest BCUT2D eigenvalue weighted by molar-refractivity contribution is 0.662. The van der Waals surface area contributed by atoms with E-state index in [1.165, 1.54) is 11.5 Å². The van der Waals surface area contributed by atoms with Gasteiger partial charge in [-0.25, -0.2) is 4.98 Å². The average Bonchev–Trinajstić information content (AvgIpc) is 2.62. The van der Waals surface area contributed by atoms with E-state index in [0.717, 1.165) is 36.8 Å². The number of nitrogens with one attached hydrogen (secondary N) is 1. The third-order valence-electron chi connectivity index (χ3n) is 2.00. The van der Waals surface area contributed by atoms with E-state index in [1.807, 2.05) is 0 Å². The molecule has 1 aromatic heterocycles. The Bertz CT molecular complexity index is 261. The Morgan fingerprint density at radius 3 is 2.93 bits per heavy atom. The van der Waals surface area contributed by atoms with Gasteiger partial charge in [-0.1, -0.05) is 6.92 Å². The van der Waals surface area contributed by atoms with Crippen LogP contribution in [0, 0.1) is 0 Å². The van der Waals surface area contributed by atoms with Crippen molar-refractivity contribution < 1.29 is 0 Å². The highest BCUT2D eigenvalue weighted by Gasteiger charge is 2.05. The summed E-state index contributed by atoms with van der Waals surface area (Å²) in [6.07, 6.45) is 3.03. The van der Waals surface area contributed by atoms with E-state index in [2.05, 4.69) is 28.5 Å². The second kappa shape index (κ2) is 5.93. The number of aryl methyl sites for hydroxylation is 1. The first-order valence-corrected chi connectivity index (χ1v) is 5.82. The molecule has 0 aliphatic carbocycles. The highest BCUT2D eigenvalue weighted by atomic mass is 32.1. The molecule has 3 N–H and O–H groups in total. The van der Waals surface area contributed by atoms with Crippen molar-refractivity contribution in [1.82, 2.24) is 9.36 Å². The van der Waals surface area contributed by atoms with Crippen LogP contribution in [0.25, 0.3) is 0 Å². The quantitative estimate of drug-likeness (QED) is 0.755. The Balaban J connectivity index is 2.35. The van der Waals surface area contributed by atoms with Gasteiger partial charge in [0, 0.05) is 24.0 Å². The maximum Gasteiger partial charge on any atom is 0.202 e. The third-order valence-corrected chi connectivity index (χ3v) is 2.68. The van der Waals surface area contributed by atoms with Gasteiger partial charge in [0.15, 0.2) is 0 Å². The van der Waals surface area contributed by atoms with Crippen LogP contribution in [0.4, 0.5) is 5.13 Å². The second-order valence-corrected chi connectivity index (χ2v) is 4.10. The molecule has 0 radical (unpaired) electrons. The lowest BCUT2D eigenvalue weighted by Crippen LogP contribution is -2.16. The summed E-state index contributed by atoms with van der Waals surface area (Å²) < 4.78 is 4.21. The topological polar surface area (TPSA) is 63.8 Å². The van der Waals surface area contributed by atoms with Crippen LogP contribution < -0.4 is 11.1 Å². The summed E-state index contributed by atoms with van der Waals surface area (Å²) in [5, 5.41) is 4.24. The number of nitrogens with two attached hydrogens (primary N) is 1. The highest BCUT2D eigenvalue weighted by Crippen LogP contribution is 2.13. The van der Waals surface area contributed by atoms with Gasteiger partial charge in [0.25, 0.3) is 0 Å². The molecule has 4 nitrogen and oxygen atoms in total. The fraction of sp³-hybridized carbons (Fsp3) is 0.778. The first-order chi connectivity index (χ1) is 6.76. The van der Waals surface area contributed by atoms with E-state index in [9.17, 15) is 0 Å². The Labute approximate surface area is 89.1 Å². The number of rotatable bonds is 6. The largest absolute Gasteiger partial charge is 0.358 e. The van der Waals surface area contributed by atoms with Crippen LogP contribution in [0.3, 0.4) is 0 Å². The van der Waals surface area contributed by atoms with Crippen LogP contribution in [0.1, 0.15) is 32.5 Å². The molecule has 0 saturated carbocycles. The molecule has 0 fully saturated rings. The molecule has 0 spiro atoms. The van der Waals surface area contributed by atoms with Gasteiger partial charge in [-0.15, -0.1) is 0 Å². The van der Waals surface area contributed by atoms with Crippen molar-refractivity contribution in [2.24, 2.45) is 5.73 Å². The molecule has 1 unspecified atom stereocenters. The Hall–Kier alpha value is -0.680. The zero-order valence-corrected chi connectivity index (χ0v) is 9.60. The van der Waals surface area contributed by atoms with Gasteiger partial charge >= 0.3 is 0 Å². The van der Waals surface area contributed by atoms with E-state index >= 15 is 0 Å². The number of anilines is 1. The molecule has 0 saturated heterocycles. The summed E-state index contributed by atoms with van der Waals surface area (Å²) in [6, 6.07) is 0.427. The molecule has 1 atom stereocenters. The monoisotopic (exact) mass is 214 g/mol.